The second-order valence-corrected chi connectivity index (χ2v) is 8.25. The number of hydrogen-bond acceptors (Lipinski definition) is 5. The van der Waals surface area contributed by atoms with Gasteiger partial charge in [0.15, 0.2) is 0 Å². The van der Waals surface area contributed by atoms with Crippen molar-refractivity contribution in [3.63, 3.8) is 0 Å². The van der Waals surface area contributed by atoms with Gasteiger partial charge >= 0.3 is 5.97 Å². The topological polar surface area (TPSA) is 91.8 Å². The summed E-state index contributed by atoms with van der Waals surface area (Å²) in [6, 6.07) is 1.16. The highest BCUT2D eigenvalue weighted by Gasteiger charge is 2.29. The van der Waals surface area contributed by atoms with Crippen molar-refractivity contribution in [2.45, 2.75) is 4.90 Å². The fraction of sp³-hybridized carbons (Fsp3) is 0.444. The third-order valence-electron chi connectivity index (χ3n) is 2.56. The van der Waals surface area contributed by atoms with Crippen LogP contribution in [0.3, 0.4) is 0 Å². The van der Waals surface area contributed by atoms with Gasteiger partial charge in [-0.1, -0.05) is 0 Å². The van der Waals surface area contributed by atoms with E-state index >= 15 is 0 Å². The fourth-order valence-electron chi connectivity index (χ4n) is 1.58. The number of carboxylic acids is 1. The van der Waals surface area contributed by atoms with Crippen molar-refractivity contribution in [1.29, 1.82) is 0 Å². The van der Waals surface area contributed by atoms with E-state index < -0.39 is 26.8 Å². The molecular formula is C9H11NO5S3. The van der Waals surface area contributed by atoms with Crippen LogP contribution in [-0.4, -0.2) is 52.6 Å². The van der Waals surface area contributed by atoms with Crippen LogP contribution < -0.4 is 0 Å². The summed E-state index contributed by atoms with van der Waals surface area (Å²) in [7, 11) is -4.60. The first kappa shape index (κ1) is 13.7. The number of thiophene rings is 1. The first-order valence-corrected chi connectivity index (χ1v) is 8.89. The molecule has 1 fully saturated rings. The molecule has 0 spiro atoms. The maximum absolute atomic E-state index is 12.2. The number of carbonyl (C=O) groups is 1. The Hall–Kier alpha value is -0.770. The summed E-state index contributed by atoms with van der Waals surface area (Å²) in [5.74, 6) is -0.481. The Morgan fingerprint density at radius 3 is 2.50 bits per heavy atom. The van der Waals surface area contributed by atoms with Gasteiger partial charge in [-0.2, -0.15) is 4.31 Å². The molecule has 0 radical (unpaired) electrons. The molecule has 0 saturated carbocycles. The number of nitrogens with zero attached hydrogens (tertiary/aromatic N) is 1. The Bertz CT molecular complexity index is 581. The molecule has 1 saturated heterocycles. The molecule has 9 heteroatoms. The SMILES string of the molecule is O=C(O)c1cc(S(=O)(=O)N2CCS(=O)CC2)cs1. The highest BCUT2D eigenvalue weighted by molar-refractivity contribution is 7.89. The van der Waals surface area contributed by atoms with E-state index in [0.717, 1.165) is 17.4 Å². The molecule has 1 aromatic rings. The normalized spacial score (nSPS) is 18.9. The van der Waals surface area contributed by atoms with Gasteiger partial charge in [0.2, 0.25) is 10.0 Å². The van der Waals surface area contributed by atoms with E-state index in [1.165, 1.54) is 9.69 Å². The van der Waals surface area contributed by atoms with E-state index in [0.29, 0.717) is 11.5 Å². The van der Waals surface area contributed by atoms with Crippen LogP contribution in [0.2, 0.25) is 0 Å². The molecule has 0 bridgehead atoms. The molecule has 1 N–H and O–H groups in total. The zero-order valence-corrected chi connectivity index (χ0v) is 11.7. The molecule has 0 amide bonds. The molecule has 6 nitrogen and oxygen atoms in total. The molecule has 0 aliphatic carbocycles. The summed E-state index contributed by atoms with van der Waals surface area (Å²) in [6.45, 7) is 0.431. The molecule has 1 aliphatic heterocycles. The van der Waals surface area contributed by atoms with Crippen LogP contribution in [0.1, 0.15) is 9.67 Å². The molecule has 100 valence electrons. The van der Waals surface area contributed by atoms with Crippen molar-refractivity contribution in [3.8, 4) is 0 Å². The van der Waals surface area contributed by atoms with Gasteiger partial charge < -0.3 is 5.11 Å². The van der Waals surface area contributed by atoms with Crippen LogP contribution in [0.5, 0.6) is 0 Å². The first-order valence-electron chi connectivity index (χ1n) is 5.08. The van der Waals surface area contributed by atoms with Crippen molar-refractivity contribution in [3.05, 3.63) is 16.3 Å². The van der Waals surface area contributed by atoms with Gasteiger partial charge in [0, 0.05) is 40.8 Å². The number of hydrogen-bond donors (Lipinski definition) is 1. The summed E-state index contributed by atoms with van der Waals surface area (Å²) < 4.78 is 36.8. The standard InChI is InChI=1S/C9H11NO5S3/c11-9(12)8-5-7(6-16-8)18(14,15)10-1-3-17(13)4-2-10/h5-6H,1-4H2,(H,11,12). The van der Waals surface area contributed by atoms with Crippen molar-refractivity contribution in [2.24, 2.45) is 0 Å². The van der Waals surface area contributed by atoms with Crippen LogP contribution in [0, 0.1) is 0 Å². The summed E-state index contributed by atoms with van der Waals surface area (Å²) in [5.41, 5.74) is 0. The lowest BCUT2D eigenvalue weighted by Crippen LogP contribution is -2.41. The van der Waals surface area contributed by atoms with Crippen LogP contribution in [0.4, 0.5) is 0 Å². The lowest BCUT2D eigenvalue weighted by Gasteiger charge is -2.24. The number of sulfonamides is 1. The van der Waals surface area contributed by atoms with E-state index in [2.05, 4.69) is 0 Å². The van der Waals surface area contributed by atoms with Crippen LogP contribution in [0.25, 0.3) is 0 Å². The maximum atomic E-state index is 12.2. The molecule has 0 atom stereocenters. The number of aromatic carboxylic acids is 1. The Morgan fingerprint density at radius 2 is 2.00 bits per heavy atom. The smallest absolute Gasteiger partial charge is 0.345 e. The molecule has 2 heterocycles. The Balaban J connectivity index is 2.24. The predicted molar refractivity (Wildman–Crippen MR) is 67.9 cm³/mol. The van der Waals surface area contributed by atoms with Crippen molar-refractivity contribution >= 4 is 38.1 Å². The Labute approximate surface area is 111 Å². The monoisotopic (exact) mass is 309 g/mol. The summed E-state index contributed by atoms with van der Waals surface area (Å²) in [5, 5.41) is 10.1. The van der Waals surface area contributed by atoms with E-state index in [9.17, 15) is 17.4 Å². The van der Waals surface area contributed by atoms with Crippen molar-refractivity contribution < 1.29 is 22.5 Å². The lowest BCUT2D eigenvalue weighted by molar-refractivity contribution is 0.0702. The number of carboxylic acid groups (broad SMARTS) is 1. The van der Waals surface area contributed by atoms with E-state index in [-0.39, 0.29) is 22.9 Å². The van der Waals surface area contributed by atoms with Gasteiger partial charge in [0.05, 0.1) is 4.90 Å². The maximum Gasteiger partial charge on any atom is 0.345 e. The molecule has 18 heavy (non-hydrogen) atoms. The fourth-order valence-corrected chi connectivity index (χ4v) is 5.40. The zero-order valence-electron chi connectivity index (χ0n) is 9.24. The van der Waals surface area contributed by atoms with Gasteiger partial charge in [-0.3, -0.25) is 4.21 Å². The molecular weight excluding hydrogens is 298 g/mol. The van der Waals surface area contributed by atoms with Gasteiger partial charge in [-0.25, -0.2) is 13.2 Å². The van der Waals surface area contributed by atoms with Gasteiger partial charge in [-0.05, 0) is 6.07 Å². The van der Waals surface area contributed by atoms with Gasteiger partial charge in [0.25, 0.3) is 0 Å². The molecule has 1 aromatic heterocycles. The van der Waals surface area contributed by atoms with Crippen LogP contribution in [0.15, 0.2) is 16.3 Å². The van der Waals surface area contributed by atoms with E-state index in [1.807, 2.05) is 0 Å². The second kappa shape index (κ2) is 5.08. The quantitative estimate of drug-likeness (QED) is 0.861. The third-order valence-corrected chi connectivity index (χ3v) is 6.78. The average Bonchev–Trinajstić information content (AvgIpc) is 2.79. The predicted octanol–water partition coefficient (Wildman–Crippen LogP) is 0.199. The zero-order chi connectivity index (χ0) is 13.3. The highest BCUT2D eigenvalue weighted by atomic mass is 32.2. The summed E-state index contributed by atoms with van der Waals surface area (Å²) in [4.78, 5) is 10.7. The minimum Gasteiger partial charge on any atom is -0.477 e. The molecule has 2 rings (SSSR count). The van der Waals surface area contributed by atoms with Crippen LogP contribution in [-0.2, 0) is 20.8 Å². The Kier molecular flexibility index (Phi) is 3.85. The summed E-state index contributed by atoms with van der Waals surface area (Å²) >= 11 is 0.884. The van der Waals surface area contributed by atoms with Crippen molar-refractivity contribution in [1.82, 2.24) is 4.31 Å². The van der Waals surface area contributed by atoms with Crippen LogP contribution >= 0.6 is 11.3 Å². The Morgan fingerprint density at radius 1 is 1.39 bits per heavy atom. The largest absolute Gasteiger partial charge is 0.477 e. The van der Waals surface area contributed by atoms with E-state index in [4.69, 9.17) is 5.11 Å². The number of rotatable bonds is 3. The minimum atomic E-state index is -3.65. The van der Waals surface area contributed by atoms with Gasteiger partial charge in [-0.15, -0.1) is 11.3 Å². The highest BCUT2D eigenvalue weighted by Crippen LogP contribution is 2.23. The van der Waals surface area contributed by atoms with Gasteiger partial charge in [0.1, 0.15) is 4.88 Å². The molecule has 0 aromatic carbocycles. The molecule has 0 unspecified atom stereocenters. The third kappa shape index (κ3) is 2.63. The first-order chi connectivity index (χ1) is 8.41. The average molecular weight is 309 g/mol. The minimum absolute atomic E-state index is 0.00224. The van der Waals surface area contributed by atoms with E-state index in [1.54, 1.807) is 0 Å². The van der Waals surface area contributed by atoms with Crippen molar-refractivity contribution in [2.75, 3.05) is 24.6 Å². The molecule has 1 aliphatic rings. The summed E-state index contributed by atoms with van der Waals surface area (Å²) in [6.07, 6.45) is 0. The lowest BCUT2D eigenvalue weighted by atomic mass is 10.5. The second-order valence-electron chi connectivity index (χ2n) is 3.70.